The van der Waals surface area contributed by atoms with E-state index in [-0.39, 0.29) is 41.7 Å². The molecule has 13 heteroatoms. The number of hydrogen-bond donors (Lipinski definition) is 1. The van der Waals surface area contributed by atoms with Crippen LogP contribution in [0, 0.1) is 6.92 Å². The van der Waals surface area contributed by atoms with Crippen molar-refractivity contribution in [3.8, 4) is 0 Å². The summed E-state index contributed by atoms with van der Waals surface area (Å²) in [5, 5.41) is 6.85. The average molecular weight is 528 g/mol. The van der Waals surface area contributed by atoms with E-state index in [0.29, 0.717) is 34.3 Å². The molecule has 37 heavy (non-hydrogen) atoms. The molecule has 0 saturated heterocycles. The van der Waals surface area contributed by atoms with Crippen LogP contribution >= 0.6 is 0 Å². The molecule has 0 atom stereocenters. The van der Waals surface area contributed by atoms with Crippen LogP contribution in [0.15, 0.2) is 39.9 Å². The number of aryl methyl sites for hydroxylation is 1. The van der Waals surface area contributed by atoms with Gasteiger partial charge in [0, 0.05) is 43.8 Å². The summed E-state index contributed by atoms with van der Waals surface area (Å²) in [5.74, 6) is 0.841. The number of sulfone groups is 1. The standard InChI is InChI=1S/C24H29N7O5S/c1-14(2)31-13-22(33)30(5)20-12-25-24(27-23(20)31)26-16-8-17(10-19(9-16)37(6,34)35)29(4)21(32)11-18-7-15(3)28-36-18/h7-10,12,14H,11,13H2,1-6H3,(H,25,26,27). The van der Waals surface area contributed by atoms with Crippen LogP contribution in [0.25, 0.3) is 0 Å². The number of amides is 2. The summed E-state index contributed by atoms with van der Waals surface area (Å²) in [7, 11) is -0.377. The first-order chi connectivity index (χ1) is 17.3. The summed E-state index contributed by atoms with van der Waals surface area (Å²) in [4.78, 5) is 39.0. The van der Waals surface area contributed by atoms with Crippen LogP contribution in [0.3, 0.4) is 0 Å². The van der Waals surface area contributed by atoms with Crippen molar-refractivity contribution in [3.63, 3.8) is 0 Å². The van der Waals surface area contributed by atoms with Gasteiger partial charge in [0.25, 0.3) is 0 Å². The second-order valence-corrected chi connectivity index (χ2v) is 11.3. The van der Waals surface area contributed by atoms with Crippen molar-refractivity contribution in [1.82, 2.24) is 15.1 Å². The highest BCUT2D eigenvalue weighted by atomic mass is 32.2. The highest BCUT2D eigenvalue weighted by Gasteiger charge is 2.30. The molecule has 0 bridgehead atoms. The summed E-state index contributed by atoms with van der Waals surface area (Å²) < 4.78 is 30.0. The van der Waals surface area contributed by atoms with Gasteiger partial charge in [0.2, 0.25) is 17.8 Å². The smallest absolute Gasteiger partial charge is 0.246 e. The third-order valence-corrected chi connectivity index (χ3v) is 7.12. The summed E-state index contributed by atoms with van der Waals surface area (Å²) in [6.45, 7) is 5.87. The van der Waals surface area contributed by atoms with Gasteiger partial charge in [-0.3, -0.25) is 9.59 Å². The summed E-state index contributed by atoms with van der Waals surface area (Å²) >= 11 is 0. The Hall–Kier alpha value is -4.00. The van der Waals surface area contributed by atoms with E-state index in [2.05, 4.69) is 20.4 Å². The fourth-order valence-electron chi connectivity index (χ4n) is 3.87. The molecule has 0 radical (unpaired) electrons. The zero-order valence-electron chi connectivity index (χ0n) is 21.5. The lowest BCUT2D eigenvalue weighted by Crippen LogP contribution is -2.47. The fourth-order valence-corrected chi connectivity index (χ4v) is 4.54. The van der Waals surface area contributed by atoms with Gasteiger partial charge in [-0.2, -0.15) is 4.98 Å². The lowest BCUT2D eigenvalue weighted by atomic mass is 10.2. The molecule has 1 aliphatic rings. The van der Waals surface area contributed by atoms with Crippen LogP contribution in [0.2, 0.25) is 0 Å². The zero-order chi connectivity index (χ0) is 27.1. The fraction of sp³-hybridized carbons (Fsp3) is 0.375. The van der Waals surface area contributed by atoms with Crippen LogP contribution < -0.4 is 20.0 Å². The SMILES string of the molecule is Cc1cc(CC(=O)N(C)c2cc(Nc3ncc4c(n3)N(C(C)C)CC(=O)N4C)cc(S(C)(=O)=O)c2)on1. The van der Waals surface area contributed by atoms with Crippen molar-refractivity contribution >= 4 is 50.5 Å². The average Bonchev–Trinajstić information content (AvgIpc) is 3.24. The van der Waals surface area contributed by atoms with Crippen molar-refractivity contribution in [2.75, 3.05) is 46.9 Å². The quantitative estimate of drug-likeness (QED) is 0.486. The van der Waals surface area contributed by atoms with Gasteiger partial charge in [0.1, 0.15) is 11.4 Å². The number of nitrogens with one attached hydrogen (secondary N) is 1. The number of fused-ring (bicyclic) bond motifs is 1. The Balaban J connectivity index is 1.67. The molecule has 2 amide bonds. The second-order valence-electron chi connectivity index (χ2n) is 9.25. The highest BCUT2D eigenvalue weighted by molar-refractivity contribution is 7.90. The number of hydrogen-bond acceptors (Lipinski definition) is 10. The number of carbonyl (C=O) groups is 2. The summed E-state index contributed by atoms with van der Waals surface area (Å²) in [6.07, 6.45) is 2.61. The molecule has 1 N–H and O–H groups in total. The maximum absolute atomic E-state index is 12.9. The number of anilines is 5. The second kappa shape index (κ2) is 9.81. The van der Waals surface area contributed by atoms with E-state index in [1.807, 2.05) is 18.7 Å². The Morgan fingerprint density at radius 3 is 2.59 bits per heavy atom. The van der Waals surface area contributed by atoms with E-state index < -0.39 is 9.84 Å². The molecule has 0 spiro atoms. The predicted molar refractivity (Wildman–Crippen MR) is 139 cm³/mol. The van der Waals surface area contributed by atoms with Gasteiger partial charge in [-0.25, -0.2) is 13.4 Å². The van der Waals surface area contributed by atoms with E-state index in [1.54, 1.807) is 39.3 Å². The monoisotopic (exact) mass is 527 g/mol. The van der Waals surface area contributed by atoms with E-state index in [1.165, 1.54) is 21.9 Å². The first-order valence-corrected chi connectivity index (χ1v) is 13.4. The first-order valence-electron chi connectivity index (χ1n) is 11.5. The number of likely N-dealkylation sites (N-methyl/N-ethyl adjacent to an activating group) is 2. The van der Waals surface area contributed by atoms with E-state index in [0.717, 1.165) is 6.26 Å². The van der Waals surface area contributed by atoms with Crippen molar-refractivity contribution in [2.24, 2.45) is 0 Å². The Kier molecular flexibility index (Phi) is 6.91. The molecule has 4 rings (SSSR count). The van der Waals surface area contributed by atoms with Gasteiger partial charge in [0.05, 0.1) is 29.8 Å². The van der Waals surface area contributed by atoms with Crippen LogP contribution in [0.1, 0.15) is 25.3 Å². The van der Waals surface area contributed by atoms with Gasteiger partial charge < -0.3 is 24.5 Å². The van der Waals surface area contributed by atoms with Gasteiger partial charge in [-0.15, -0.1) is 0 Å². The lowest BCUT2D eigenvalue weighted by molar-refractivity contribution is -0.118. The minimum Gasteiger partial charge on any atom is -0.361 e. The minimum absolute atomic E-state index is 0.0205. The number of aromatic nitrogens is 3. The molecular formula is C24H29N7O5S. The third-order valence-electron chi connectivity index (χ3n) is 6.03. The highest BCUT2D eigenvalue weighted by Crippen LogP contribution is 2.33. The minimum atomic E-state index is -3.60. The molecule has 1 aromatic carbocycles. The van der Waals surface area contributed by atoms with Crippen LogP contribution in [0.4, 0.5) is 28.8 Å². The molecule has 3 heterocycles. The Bertz CT molecular complexity index is 1470. The number of nitrogens with zero attached hydrogens (tertiary/aromatic N) is 6. The summed E-state index contributed by atoms with van der Waals surface area (Å²) in [6, 6.07) is 6.21. The molecule has 12 nitrogen and oxygen atoms in total. The Morgan fingerprint density at radius 2 is 1.97 bits per heavy atom. The predicted octanol–water partition coefficient (Wildman–Crippen LogP) is 2.32. The van der Waals surface area contributed by atoms with E-state index >= 15 is 0 Å². The molecule has 0 unspecified atom stereocenters. The Labute approximate surface area is 215 Å². The number of benzene rings is 1. The molecule has 0 aliphatic carbocycles. The molecule has 3 aromatic rings. The molecule has 0 fully saturated rings. The molecule has 196 valence electrons. The van der Waals surface area contributed by atoms with Gasteiger partial charge in [0.15, 0.2) is 15.7 Å². The van der Waals surface area contributed by atoms with E-state index in [9.17, 15) is 18.0 Å². The first kappa shape index (κ1) is 26.1. The maximum atomic E-state index is 12.9. The molecule has 1 aliphatic heterocycles. The third kappa shape index (κ3) is 5.56. The number of carbonyl (C=O) groups excluding carboxylic acids is 2. The lowest BCUT2D eigenvalue weighted by Gasteiger charge is -2.36. The topological polar surface area (TPSA) is 142 Å². The van der Waals surface area contributed by atoms with Gasteiger partial charge in [-0.05, 0) is 39.0 Å². The molecule has 2 aromatic heterocycles. The van der Waals surface area contributed by atoms with E-state index in [4.69, 9.17) is 4.52 Å². The van der Waals surface area contributed by atoms with Crippen molar-refractivity contribution < 1.29 is 22.5 Å². The molecular weight excluding hydrogens is 498 g/mol. The van der Waals surface area contributed by atoms with Crippen LogP contribution in [-0.2, 0) is 25.8 Å². The van der Waals surface area contributed by atoms with Crippen molar-refractivity contribution in [3.05, 3.63) is 41.9 Å². The zero-order valence-corrected chi connectivity index (χ0v) is 22.3. The Morgan fingerprint density at radius 1 is 1.24 bits per heavy atom. The van der Waals surface area contributed by atoms with Crippen LogP contribution in [0.5, 0.6) is 0 Å². The van der Waals surface area contributed by atoms with Crippen molar-refractivity contribution in [2.45, 2.75) is 38.1 Å². The van der Waals surface area contributed by atoms with Crippen LogP contribution in [-0.4, -0.2) is 68.3 Å². The normalized spacial score (nSPS) is 13.6. The summed E-state index contributed by atoms with van der Waals surface area (Å²) in [5.41, 5.74) is 1.98. The molecule has 0 saturated carbocycles. The van der Waals surface area contributed by atoms with Gasteiger partial charge in [-0.1, -0.05) is 5.16 Å². The maximum Gasteiger partial charge on any atom is 0.246 e. The number of rotatable bonds is 7. The van der Waals surface area contributed by atoms with Crippen molar-refractivity contribution in [1.29, 1.82) is 0 Å². The van der Waals surface area contributed by atoms with Gasteiger partial charge >= 0.3 is 0 Å². The largest absolute Gasteiger partial charge is 0.361 e.